The molecule has 2 heteroatoms. The fourth-order valence-electron chi connectivity index (χ4n) is 2.96. The molecule has 0 aromatic heterocycles. The largest absolute Gasteiger partial charge is 0.393 e. The SMILES string of the molecule is CC1=C(/C=C/C(C)=C/C=C/C(C)=C\C=O)C(C)(C)C[C@H](O)C1. The van der Waals surface area contributed by atoms with Crippen LogP contribution in [0.4, 0.5) is 0 Å². The van der Waals surface area contributed by atoms with E-state index in [1.807, 2.05) is 25.2 Å². The second kappa shape index (κ2) is 8.09. The van der Waals surface area contributed by atoms with Crippen molar-refractivity contribution in [3.8, 4) is 0 Å². The van der Waals surface area contributed by atoms with Gasteiger partial charge in [0.1, 0.15) is 6.29 Å². The summed E-state index contributed by atoms with van der Waals surface area (Å²) in [6.07, 6.45) is 13.9. The molecule has 0 fully saturated rings. The Kier molecular flexibility index (Phi) is 6.76. The minimum Gasteiger partial charge on any atom is -0.393 e. The van der Waals surface area contributed by atoms with E-state index in [-0.39, 0.29) is 11.5 Å². The summed E-state index contributed by atoms with van der Waals surface area (Å²) in [6, 6.07) is 0. The Morgan fingerprint density at radius 2 is 1.82 bits per heavy atom. The number of hydrogen-bond donors (Lipinski definition) is 1. The molecule has 0 spiro atoms. The molecule has 0 unspecified atom stereocenters. The van der Waals surface area contributed by atoms with Crippen molar-refractivity contribution in [1.82, 2.24) is 0 Å². The topological polar surface area (TPSA) is 37.3 Å². The van der Waals surface area contributed by atoms with Gasteiger partial charge in [0.05, 0.1) is 6.10 Å². The van der Waals surface area contributed by atoms with Crippen molar-refractivity contribution in [2.24, 2.45) is 5.41 Å². The first-order chi connectivity index (χ1) is 10.3. The van der Waals surface area contributed by atoms with Gasteiger partial charge in [-0.25, -0.2) is 0 Å². The van der Waals surface area contributed by atoms with E-state index in [4.69, 9.17) is 0 Å². The predicted molar refractivity (Wildman–Crippen MR) is 93.6 cm³/mol. The molecule has 1 rings (SSSR count). The molecular formula is C20H28O2. The van der Waals surface area contributed by atoms with Crippen molar-refractivity contribution in [2.75, 3.05) is 0 Å². The molecule has 0 bridgehead atoms. The van der Waals surface area contributed by atoms with Gasteiger partial charge < -0.3 is 5.11 Å². The zero-order chi connectivity index (χ0) is 16.8. The molecule has 1 atom stereocenters. The van der Waals surface area contributed by atoms with E-state index < -0.39 is 0 Å². The minimum absolute atomic E-state index is 0.0116. The number of carbonyl (C=O) groups is 1. The smallest absolute Gasteiger partial charge is 0.143 e. The van der Waals surface area contributed by atoms with Crippen molar-refractivity contribution < 1.29 is 9.90 Å². The number of allylic oxidation sites excluding steroid dienone is 9. The average molecular weight is 300 g/mol. The van der Waals surface area contributed by atoms with Crippen molar-refractivity contribution >= 4 is 6.29 Å². The van der Waals surface area contributed by atoms with Crippen LogP contribution in [-0.2, 0) is 4.79 Å². The molecule has 22 heavy (non-hydrogen) atoms. The van der Waals surface area contributed by atoms with Crippen LogP contribution >= 0.6 is 0 Å². The summed E-state index contributed by atoms with van der Waals surface area (Å²) >= 11 is 0. The highest BCUT2D eigenvalue weighted by Gasteiger charge is 2.31. The molecule has 0 heterocycles. The van der Waals surface area contributed by atoms with Crippen molar-refractivity contribution in [3.63, 3.8) is 0 Å². The summed E-state index contributed by atoms with van der Waals surface area (Å²) < 4.78 is 0. The summed E-state index contributed by atoms with van der Waals surface area (Å²) in [5.74, 6) is 0. The van der Waals surface area contributed by atoms with Crippen LogP contribution in [0.1, 0.15) is 47.5 Å². The van der Waals surface area contributed by atoms with Crippen LogP contribution in [0.3, 0.4) is 0 Å². The number of carbonyl (C=O) groups excluding carboxylic acids is 1. The summed E-state index contributed by atoms with van der Waals surface area (Å²) in [5.41, 5.74) is 4.69. The van der Waals surface area contributed by atoms with E-state index >= 15 is 0 Å². The molecule has 0 amide bonds. The third kappa shape index (κ3) is 5.61. The van der Waals surface area contributed by atoms with Crippen LogP contribution in [-0.4, -0.2) is 17.5 Å². The van der Waals surface area contributed by atoms with Crippen LogP contribution in [0.5, 0.6) is 0 Å². The standard InChI is InChI=1S/C20H28O2/c1-15(7-6-8-16(2)11-12-21)9-10-19-17(3)13-18(22)14-20(19,4)5/h6-12,18,22H,13-14H2,1-5H3/b8-6+,10-9+,15-7+,16-11-/t18-/m1/s1. The van der Waals surface area contributed by atoms with Gasteiger partial charge in [-0.05, 0) is 56.3 Å². The molecular weight excluding hydrogens is 272 g/mol. The molecule has 120 valence electrons. The molecule has 0 aliphatic heterocycles. The molecule has 0 saturated heterocycles. The number of aldehydes is 1. The molecule has 1 aliphatic carbocycles. The van der Waals surface area contributed by atoms with Crippen molar-refractivity contribution in [1.29, 1.82) is 0 Å². The Bertz CT molecular complexity index is 554. The molecule has 0 radical (unpaired) electrons. The second-order valence-electron chi connectivity index (χ2n) is 6.79. The Balaban J connectivity index is 2.84. The van der Waals surface area contributed by atoms with Gasteiger partial charge in [0, 0.05) is 0 Å². The van der Waals surface area contributed by atoms with E-state index in [1.54, 1.807) is 6.08 Å². The Morgan fingerprint density at radius 3 is 2.41 bits per heavy atom. The lowest BCUT2D eigenvalue weighted by Crippen LogP contribution is -2.28. The maximum Gasteiger partial charge on any atom is 0.143 e. The monoisotopic (exact) mass is 300 g/mol. The van der Waals surface area contributed by atoms with Crippen LogP contribution < -0.4 is 0 Å². The van der Waals surface area contributed by atoms with Gasteiger partial charge in [0.25, 0.3) is 0 Å². The van der Waals surface area contributed by atoms with Gasteiger partial charge in [-0.15, -0.1) is 0 Å². The maximum atomic E-state index is 10.3. The van der Waals surface area contributed by atoms with Crippen LogP contribution in [0.2, 0.25) is 0 Å². The summed E-state index contributed by atoms with van der Waals surface area (Å²) in [6.45, 7) is 10.4. The summed E-state index contributed by atoms with van der Waals surface area (Å²) in [5, 5.41) is 9.91. The van der Waals surface area contributed by atoms with E-state index in [9.17, 15) is 9.90 Å². The number of aliphatic hydroxyl groups is 1. The lowest BCUT2D eigenvalue weighted by molar-refractivity contribution is -0.104. The zero-order valence-electron chi connectivity index (χ0n) is 14.4. The third-order valence-corrected chi connectivity index (χ3v) is 4.04. The van der Waals surface area contributed by atoms with Gasteiger partial charge in [0.15, 0.2) is 0 Å². The van der Waals surface area contributed by atoms with Crippen molar-refractivity contribution in [3.05, 3.63) is 58.7 Å². The zero-order valence-corrected chi connectivity index (χ0v) is 14.4. The lowest BCUT2D eigenvalue weighted by atomic mass is 9.71. The predicted octanol–water partition coefficient (Wildman–Crippen LogP) is 4.69. The molecule has 0 aromatic rings. The fourth-order valence-corrected chi connectivity index (χ4v) is 2.96. The highest BCUT2D eigenvalue weighted by Crippen LogP contribution is 2.40. The first-order valence-electron chi connectivity index (χ1n) is 7.79. The maximum absolute atomic E-state index is 10.3. The highest BCUT2D eigenvalue weighted by molar-refractivity contribution is 5.66. The van der Waals surface area contributed by atoms with Gasteiger partial charge >= 0.3 is 0 Å². The van der Waals surface area contributed by atoms with Crippen LogP contribution in [0, 0.1) is 5.41 Å². The number of hydrogen-bond acceptors (Lipinski definition) is 2. The third-order valence-electron chi connectivity index (χ3n) is 4.04. The minimum atomic E-state index is -0.223. The molecule has 1 aliphatic rings. The first-order valence-corrected chi connectivity index (χ1v) is 7.79. The van der Waals surface area contributed by atoms with E-state index in [1.165, 1.54) is 11.1 Å². The summed E-state index contributed by atoms with van der Waals surface area (Å²) in [7, 11) is 0. The highest BCUT2D eigenvalue weighted by atomic mass is 16.3. The van der Waals surface area contributed by atoms with Gasteiger partial charge in [0.2, 0.25) is 0 Å². The van der Waals surface area contributed by atoms with Gasteiger partial charge in [-0.1, -0.05) is 55.4 Å². The van der Waals surface area contributed by atoms with Crippen LogP contribution in [0.25, 0.3) is 0 Å². The van der Waals surface area contributed by atoms with E-state index in [0.29, 0.717) is 0 Å². The molecule has 0 aromatic carbocycles. The van der Waals surface area contributed by atoms with Gasteiger partial charge in [-0.2, -0.15) is 0 Å². The Morgan fingerprint density at radius 1 is 1.18 bits per heavy atom. The van der Waals surface area contributed by atoms with Crippen molar-refractivity contribution in [2.45, 2.75) is 53.6 Å². The fraction of sp³-hybridized carbons (Fsp3) is 0.450. The first kappa shape index (κ1) is 18.4. The second-order valence-corrected chi connectivity index (χ2v) is 6.79. The van der Waals surface area contributed by atoms with Crippen LogP contribution in [0.15, 0.2) is 58.7 Å². The number of rotatable bonds is 5. The van der Waals surface area contributed by atoms with E-state index in [2.05, 4.69) is 39.8 Å². The van der Waals surface area contributed by atoms with Gasteiger partial charge in [-0.3, -0.25) is 4.79 Å². The molecule has 1 N–H and O–H groups in total. The average Bonchev–Trinajstić information content (AvgIpc) is 2.36. The quantitative estimate of drug-likeness (QED) is 0.454. The molecule has 2 nitrogen and oxygen atoms in total. The van der Waals surface area contributed by atoms with E-state index in [0.717, 1.165) is 30.3 Å². The lowest BCUT2D eigenvalue weighted by Gasteiger charge is -2.35. The Hall–Kier alpha value is -1.67. The normalized spacial score (nSPS) is 23.6. The Labute approximate surface area is 134 Å². The summed E-state index contributed by atoms with van der Waals surface area (Å²) in [4.78, 5) is 10.3. The number of aliphatic hydroxyl groups excluding tert-OH is 1. The molecule has 0 saturated carbocycles.